The van der Waals surface area contributed by atoms with Gasteiger partial charge in [0, 0.05) is 25.2 Å². The van der Waals surface area contributed by atoms with Gasteiger partial charge in [0.25, 0.3) is 0 Å². The first-order valence-electron chi connectivity index (χ1n) is 8.25. The maximum atomic E-state index is 5.29. The second-order valence-corrected chi connectivity index (χ2v) is 6.36. The van der Waals surface area contributed by atoms with Gasteiger partial charge in [0.15, 0.2) is 0 Å². The van der Waals surface area contributed by atoms with E-state index < -0.39 is 0 Å². The average molecular weight is 290 g/mol. The van der Waals surface area contributed by atoms with E-state index in [2.05, 4.69) is 42.4 Å². The summed E-state index contributed by atoms with van der Waals surface area (Å²) < 4.78 is 5.29. The lowest BCUT2D eigenvalue weighted by Crippen LogP contribution is -2.42. The summed E-state index contributed by atoms with van der Waals surface area (Å²) in [7, 11) is 3.92. The van der Waals surface area contributed by atoms with E-state index in [1.165, 1.54) is 37.7 Å². The van der Waals surface area contributed by atoms with Crippen LogP contribution >= 0.6 is 0 Å². The van der Waals surface area contributed by atoms with Gasteiger partial charge in [0.05, 0.1) is 7.11 Å². The SMILES string of the molecule is COc1cccc(CN(C)C(C)CNC2CCCCC2)c1. The van der Waals surface area contributed by atoms with E-state index in [1.54, 1.807) is 7.11 Å². The van der Waals surface area contributed by atoms with Gasteiger partial charge >= 0.3 is 0 Å². The van der Waals surface area contributed by atoms with Crippen molar-refractivity contribution in [2.75, 3.05) is 20.7 Å². The molecule has 0 aromatic heterocycles. The maximum Gasteiger partial charge on any atom is 0.119 e. The highest BCUT2D eigenvalue weighted by Crippen LogP contribution is 2.18. The third kappa shape index (κ3) is 5.33. The Bertz CT molecular complexity index is 415. The summed E-state index contributed by atoms with van der Waals surface area (Å²) in [5, 5.41) is 3.74. The van der Waals surface area contributed by atoms with Crippen LogP contribution in [0.5, 0.6) is 5.75 Å². The van der Waals surface area contributed by atoms with Crippen LogP contribution in [0.25, 0.3) is 0 Å². The second kappa shape index (κ2) is 8.40. The smallest absolute Gasteiger partial charge is 0.119 e. The van der Waals surface area contributed by atoms with Gasteiger partial charge in [-0.25, -0.2) is 0 Å². The number of rotatable bonds is 7. The van der Waals surface area contributed by atoms with E-state index in [4.69, 9.17) is 4.74 Å². The molecular formula is C18H30N2O. The van der Waals surface area contributed by atoms with Crippen LogP contribution < -0.4 is 10.1 Å². The zero-order valence-electron chi connectivity index (χ0n) is 13.8. The van der Waals surface area contributed by atoms with Crippen LogP contribution in [0.3, 0.4) is 0 Å². The Labute approximate surface area is 129 Å². The largest absolute Gasteiger partial charge is 0.497 e. The number of hydrogen-bond donors (Lipinski definition) is 1. The summed E-state index contributed by atoms with van der Waals surface area (Å²) in [4.78, 5) is 2.41. The van der Waals surface area contributed by atoms with Gasteiger partial charge in [-0.2, -0.15) is 0 Å². The highest BCUT2D eigenvalue weighted by atomic mass is 16.5. The monoisotopic (exact) mass is 290 g/mol. The number of nitrogens with one attached hydrogen (secondary N) is 1. The highest BCUT2D eigenvalue weighted by molar-refractivity contribution is 5.28. The molecule has 1 unspecified atom stereocenters. The lowest BCUT2D eigenvalue weighted by Gasteiger charge is -2.29. The number of likely N-dealkylation sites (N-methyl/N-ethyl adjacent to an activating group) is 1. The van der Waals surface area contributed by atoms with Gasteiger partial charge in [-0.1, -0.05) is 31.4 Å². The van der Waals surface area contributed by atoms with Gasteiger partial charge in [0.1, 0.15) is 5.75 Å². The van der Waals surface area contributed by atoms with Gasteiger partial charge in [-0.05, 0) is 44.5 Å². The van der Waals surface area contributed by atoms with Gasteiger partial charge in [-0.3, -0.25) is 4.90 Å². The topological polar surface area (TPSA) is 24.5 Å². The predicted molar refractivity (Wildman–Crippen MR) is 88.8 cm³/mol. The van der Waals surface area contributed by atoms with Crippen molar-refractivity contribution in [3.8, 4) is 5.75 Å². The first kappa shape index (κ1) is 16.3. The molecule has 1 aromatic rings. The molecule has 0 heterocycles. The molecule has 0 aliphatic heterocycles. The predicted octanol–water partition coefficient (Wildman–Crippen LogP) is 3.44. The quantitative estimate of drug-likeness (QED) is 0.832. The van der Waals surface area contributed by atoms with Crippen LogP contribution in [-0.2, 0) is 6.54 Å². The molecular weight excluding hydrogens is 260 g/mol. The first-order chi connectivity index (χ1) is 10.2. The molecule has 1 N–H and O–H groups in total. The van der Waals surface area contributed by atoms with E-state index >= 15 is 0 Å². The zero-order valence-corrected chi connectivity index (χ0v) is 13.8. The molecule has 0 bridgehead atoms. The molecule has 0 saturated heterocycles. The molecule has 0 spiro atoms. The molecule has 0 radical (unpaired) electrons. The van der Waals surface area contributed by atoms with Crippen molar-refractivity contribution in [2.45, 2.75) is 57.7 Å². The number of benzene rings is 1. The minimum Gasteiger partial charge on any atom is -0.497 e. The van der Waals surface area contributed by atoms with Gasteiger partial charge in [-0.15, -0.1) is 0 Å². The summed E-state index contributed by atoms with van der Waals surface area (Å²) in [5.74, 6) is 0.939. The van der Waals surface area contributed by atoms with Crippen LogP contribution in [0.1, 0.15) is 44.6 Å². The molecule has 1 aliphatic rings. The Morgan fingerprint density at radius 1 is 1.29 bits per heavy atom. The summed E-state index contributed by atoms with van der Waals surface area (Å²) >= 11 is 0. The Hall–Kier alpha value is -1.06. The van der Waals surface area contributed by atoms with Crippen molar-refractivity contribution >= 4 is 0 Å². The molecule has 1 atom stereocenters. The molecule has 3 heteroatoms. The van der Waals surface area contributed by atoms with Crippen LogP contribution in [0.2, 0.25) is 0 Å². The van der Waals surface area contributed by atoms with E-state index in [0.29, 0.717) is 6.04 Å². The number of hydrogen-bond acceptors (Lipinski definition) is 3. The lowest BCUT2D eigenvalue weighted by atomic mass is 9.95. The zero-order chi connectivity index (χ0) is 15.1. The van der Waals surface area contributed by atoms with Crippen molar-refractivity contribution in [3.05, 3.63) is 29.8 Å². The van der Waals surface area contributed by atoms with Crippen molar-refractivity contribution in [3.63, 3.8) is 0 Å². The third-order valence-electron chi connectivity index (χ3n) is 4.63. The Morgan fingerprint density at radius 2 is 2.05 bits per heavy atom. The Balaban J connectivity index is 1.77. The van der Waals surface area contributed by atoms with Crippen LogP contribution in [-0.4, -0.2) is 37.7 Å². The summed E-state index contributed by atoms with van der Waals surface area (Å²) in [6, 6.07) is 9.63. The van der Waals surface area contributed by atoms with E-state index in [1.807, 2.05) is 6.07 Å². The van der Waals surface area contributed by atoms with Crippen LogP contribution in [0, 0.1) is 0 Å². The third-order valence-corrected chi connectivity index (χ3v) is 4.63. The van der Waals surface area contributed by atoms with Gasteiger partial charge in [0.2, 0.25) is 0 Å². The molecule has 1 aromatic carbocycles. The fourth-order valence-corrected chi connectivity index (χ4v) is 3.01. The Morgan fingerprint density at radius 3 is 2.76 bits per heavy atom. The summed E-state index contributed by atoms with van der Waals surface area (Å²) in [6.07, 6.45) is 6.92. The van der Waals surface area contributed by atoms with Crippen molar-refractivity contribution < 1.29 is 4.74 Å². The highest BCUT2D eigenvalue weighted by Gasteiger charge is 2.15. The van der Waals surface area contributed by atoms with Crippen molar-refractivity contribution in [1.29, 1.82) is 0 Å². The normalized spacial score (nSPS) is 17.9. The second-order valence-electron chi connectivity index (χ2n) is 6.36. The fourth-order valence-electron chi connectivity index (χ4n) is 3.01. The Kier molecular flexibility index (Phi) is 6.52. The molecule has 2 rings (SSSR count). The van der Waals surface area contributed by atoms with E-state index in [9.17, 15) is 0 Å². The minimum atomic E-state index is 0.540. The van der Waals surface area contributed by atoms with E-state index in [-0.39, 0.29) is 0 Å². The molecule has 0 amide bonds. The molecule has 1 fully saturated rings. The van der Waals surface area contributed by atoms with E-state index in [0.717, 1.165) is 24.9 Å². The first-order valence-corrected chi connectivity index (χ1v) is 8.25. The maximum absolute atomic E-state index is 5.29. The average Bonchev–Trinajstić information content (AvgIpc) is 2.53. The number of methoxy groups -OCH3 is 1. The van der Waals surface area contributed by atoms with Crippen molar-refractivity contribution in [2.24, 2.45) is 0 Å². The number of nitrogens with zero attached hydrogens (tertiary/aromatic N) is 1. The lowest BCUT2D eigenvalue weighted by molar-refractivity contribution is 0.229. The molecule has 21 heavy (non-hydrogen) atoms. The molecule has 1 saturated carbocycles. The fraction of sp³-hybridized carbons (Fsp3) is 0.667. The van der Waals surface area contributed by atoms with Crippen LogP contribution in [0.15, 0.2) is 24.3 Å². The van der Waals surface area contributed by atoms with Crippen molar-refractivity contribution in [1.82, 2.24) is 10.2 Å². The van der Waals surface area contributed by atoms with Crippen LogP contribution in [0.4, 0.5) is 0 Å². The summed E-state index contributed by atoms with van der Waals surface area (Å²) in [6.45, 7) is 4.34. The summed E-state index contributed by atoms with van der Waals surface area (Å²) in [5.41, 5.74) is 1.31. The standard InChI is InChI=1S/C18H30N2O/c1-15(13-19-17-9-5-4-6-10-17)20(2)14-16-8-7-11-18(12-16)21-3/h7-8,11-12,15,17,19H,4-6,9-10,13-14H2,1-3H3. The van der Waals surface area contributed by atoms with Gasteiger partial charge < -0.3 is 10.1 Å². The minimum absolute atomic E-state index is 0.540. The molecule has 3 nitrogen and oxygen atoms in total. The molecule has 1 aliphatic carbocycles. The number of ether oxygens (including phenoxy) is 1. The molecule has 118 valence electrons.